The van der Waals surface area contributed by atoms with Crippen molar-refractivity contribution in [3.05, 3.63) is 97.2 Å². The lowest BCUT2D eigenvalue weighted by Crippen LogP contribution is -2.30. The second kappa shape index (κ2) is 70.8. The predicted molar refractivity (Wildman–Crippen MR) is 362 cm³/mol. The molecule has 6 heteroatoms. The lowest BCUT2D eigenvalue weighted by Gasteiger charge is -2.18. The normalized spacial score (nSPS) is 12.7. The predicted octanol–water partition coefficient (Wildman–Crippen LogP) is 24.8. The SMILES string of the molecule is CC/C=C\C/C=C\C/C=C\C/C=C\C/C=C\CCCCCCCC(=O)OC(COC(=O)CCCCCCCCCCCC/C=C\C/C=C\C/C=C\CCCCCCC)COC(=O)CCCCCCCCCCCCCCCCCCCCC. The monoisotopic (exact) mass is 1160 g/mol. The summed E-state index contributed by atoms with van der Waals surface area (Å²) in [6, 6.07) is 0. The topological polar surface area (TPSA) is 78.9 Å². The van der Waals surface area contributed by atoms with Crippen molar-refractivity contribution in [2.75, 3.05) is 13.2 Å². The van der Waals surface area contributed by atoms with Crippen LogP contribution in [-0.2, 0) is 28.6 Å². The average molecular weight is 1160 g/mol. The van der Waals surface area contributed by atoms with Gasteiger partial charge in [0.15, 0.2) is 6.10 Å². The Balaban J connectivity index is 4.40. The van der Waals surface area contributed by atoms with Gasteiger partial charge in [-0.15, -0.1) is 0 Å². The number of esters is 3. The van der Waals surface area contributed by atoms with E-state index in [-0.39, 0.29) is 31.1 Å². The number of hydrogen-bond acceptors (Lipinski definition) is 6. The van der Waals surface area contributed by atoms with Crippen molar-refractivity contribution in [3.8, 4) is 0 Å². The third-order valence-corrected chi connectivity index (χ3v) is 15.6. The minimum atomic E-state index is -0.792. The Morgan fingerprint density at radius 2 is 0.470 bits per heavy atom. The summed E-state index contributed by atoms with van der Waals surface area (Å²) < 4.78 is 17.0. The number of rotatable bonds is 65. The molecule has 0 aromatic heterocycles. The van der Waals surface area contributed by atoms with E-state index in [4.69, 9.17) is 14.2 Å². The molecule has 0 aliphatic rings. The molecular weight excluding hydrogens is 1020 g/mol. The van der Waals surface area contributed by atoms with Crippen molar-refractivity contribution in [2.45, 2.75) is 361 Å². The van der Waals surface area contributed by atoms with Crippen LogP contribution in [-0.4, -0.2) is 37.2 Å². The van der Waals surface area contributed by atoms with Crippen LogP contribution in [0.15, 0.2) is 97.2 Å². The minimum absolute atomic E-state index is 0.0839. The van der Waals surface area contributed by atoms with Gasteiger partial charge in [-0.2, -0.15) is 0 Å². The quantitative estimate of drug-likeness (QED) is 0.0261. The molecule has 0 radical (unpaired) electrons. The smallest absolute Gasteiger partial charge is 0.306 e. The van der Waals surface area contributed by atoms with Crippen LogP contribution in [0, 0.1) is 0 Å². The van der Waals surface area contributed by atoms with E-state index < -0.39 is 6.10 Å². The summed E-state index contributed by atoms with van der Waals surface area (Å²) in [5.41, 5.74) is 0. The first-order valence-corrected chi connectivity index (χ1v) is 35.7. The molecule has 0 saturated carbocycles. The molecule has 0 aliphatic carbocycles. The molecule has 0 aliphatic heterocycles. The largest absolute Gasteiger partial charge is 0.462 e. The van der Waals surface area contributed by atoms with Gasteiger partial charge in [-0.25, -0.2) is 0 Å². The summed E-state index contributed by atoms with van der Waals surface area (Å²) >= 11 is 0. The molecular formula is C77H134O6. The molecule has 0 rings (SSSR count). The Kier molecular flexibility index (Phi) is 67.7. The zero-order chi connectivity index (χ0) is 59.9. The highest BCUT2D eigenvalue weighted by Gasteiger charge is 2.19. The van der Waals surface area contributed by atoms with Crippen molar-refractivity contribution in [3.63, 3.8) is 0 Å². The number of allylic oxidation sites excluding steroid dienone is 16. The molecule has 6 nitrogen and oxygen atoms in total. The van der Waals surface area contributed by atoms with Gasteiger partial charge in [-0.05, 0) is 103 Å². The first kappa shape index (κ1) is 79.3. The van der Waals surface area contributed by atoms with Gasteiger partial charge in [0.1, 0.15) is 13.2 Å². The van der Waals surface area contributed by atoms with Crippen LogP contribution in [0.4, 0.5) is 0 Å². The van der Waals surface area contributed by atoms with Crippen molar-refractivity contribution >= 4 is 17.9 Å². The summed E-state index contributed by atoms with van der Waals surface area (Å²) in [6.07, 6.45) is 95.7. The number of hydrogen-bond donors (Lipinski definition) is 0. The van der Waals surface area contributed by atoms with Crippen molar-refractivity contribution < 1.29 is 28.6 Å². The fourth-order valence-electron chi connectivity index (χ4n) is 10.2. The van der Waals surface area contributed by atoms with E-state index in [1.807, 2.05) is 0 Å². The number of carbonyl (C=O) groups is 3. The Morgan fingerprint density at radius 3 is 0.735 bits per heavy atom. The van der Waals surface area contributed by atoms with Gasteiger partial charge in [-0.1, -0.05) is 330 Å². The zero-order valence-corrected chi connectivity index (χ0v) is 54.9. The highest BCUT2D eigenvalue weighted by atomic mass is 16.6. The number of carbonyl (C=O) groups excluding carboxylic acids is 3. The standard InChI is InChI=1S/C77H134O6/c1-4-7-10-13-16-19-22-25-28-31-34-36-37-38-39-41-43-46-49-52-55-58-61-64-67-70-76(79)82-73-74(72-81-75(78)69-66-63-60-57-54-51-48-45-42-33-30-27-24-21-18-15-12-9-6-3)83-77(80)71-68-65-62-59-56-53-50-47-44-40-35-32-29-26-23-20-17-14-11-8-5-2/h8,11,17,20,22,25-26,29,31,34-35,37-38,40,47,50,74H,4-7,9-10,12-16,18-19,21,23-24,27-28,30,32-33,36,39,41-46,48-49,51-73H2,1-3H3/b11-8-,20-17-,25-22-,29-26-,34-31-,38-37-,40-35-,50-47-. The third kappa shape index (κ3) is 69.0. The Bertz CT molecular complexity index is 1610. The summed E-state index contributed by atoms with van der Waals surface area (Å²) in [5, 5.41) is 0. The molecule has 0 amide bonds. The van der Waals surface area contributed by atoms with Gasteiger partial charge in [0, 0.05) is 19.3 Å². The van der Waals surface area contributed by atoms with Gasteiger partial charge in [0.2, 0.25) is 0 Å². The molecule has 0 spiro atoms. The minimum Gasteiger partial charge on any atom is -0.462 e. The van der Waals surface area contributed by atoms with E-state index in [1.54, 1.807) is 0 Å². The maximum atomic E-state index is 13.0. The summed E-state index contributed by atoms with van der Waals surface area (Å²) in [4.78, 5) is 38.5. The molecule has 83 heavy (non-hydrogen) atoms. The number of ether oxygens (including phenoxy) is 3. The van der Waals surface area contributed by atoms with E-state index in [9.17, 15) is 14.4 Å². The summed E-state index contributed by atoms with van der Waals surface area (Å²) in [5.74, 6) is -0.889. The van der Waals surface area contributed by atoms with E-state index in [0.29, 0.717) is 19.3 Å². The van der Waals surface area contributed by atoms with Gasteiger partial charge >= 0.3 is 17.9 Å². The molecule has 0 saturated heterocycles. The molecule has 0 fully saturated rings. The van der Waals surface area contributed by atoms with Crippen LogP contribution < -0.4 is 0 Å². The van der Waals surface area contributed by atoms with Gasteiger partial charge in [0.05, 0.1) is 0 Å². The van der Waals surface area contributed by atoms with Crippen molar-refractivity contribution in [1.82, 2.24) is 0 Å². The first-order chi connectivity index (χ1) is 41.0. The Morgan fingerprint density at radius 1 is 0.253 bits per heavy atom. The van der Waals surface area contributed by atoms with Gasteiger partial charge in [-0.3, -0.25) is 14.4 Å². The van der Waals surface area contributed by atoms with Gasteiger partial charge < -0.3 is 14.2 Å². The zero-order valence-electron chi connectivity index (χ0n) is 54.9. The highest BCUT2D eigenvalue weighted by molar-refractivity contribution is 5.71. The van der Waals surface area contributed by atoms with E-state index >= 15 is 0 Å². The van der Waals surface area contributed by atoms with Gasteiger partial charge in [0.25, 0.3) is 0 Å². The third-order valence-electron chi connectivity index (χ3n) is 15.6. The van der Waals surface area contributed by atoms with Crippen LogP contribution >= 0.6 is 0 Å². The molecule has 0 N–H and O–H groups in total. The Labute approximate surface area is 515 Å². The number of unbranched alkanes of at least 4 members (excludes halogenated alkanes) is 38. The van der Waals surface area contributed by atoms with Crippen molar-refractivity contribution in [2.24, 2.45) is 0 Å². The Hall–Kier alpha value is -3.67. The highest BCUT2D eigenvalue weighted by Crippen LogP contribution is 2.17. The average Bonchev–Trinajstić information content (AvgIpc) is 3.50. The molecule has 478 valence electrons. The van der Waals surface area contributed by atoms with Crippen LogP contribution in [0.3, 0.4) is 0 Å². The van der Waals surface area contributed by atoms with Crippen LogP contribution in [0.2, 0.25) is 0 Å². The first-order valence-electron chi connectivity index (χ1n) is 35.7. The van der Waals surface area contributed by atoms with E-state index in [1.165, 1.54) is 193 Å². The van der Waals surface area contributed by atoms with E-state index in [2.05, 4.69) is 118 Å². The second-order valence-electron chi connectivity index (χ2n) is 23.8. The lowest BCUT2D eigenvalue weighted by molar-refractivity contribution is -0.167. The maximum Gasteiger partial charge on any atom is 0.306 e. The molecule has 0 bridgehead atoms. The van der Waals surface area contributed by atoms with Crippen LogP contribution in [0.25, 0.3) is 0 Å². The van der Waals surface area contributed by atoms with Crippen LogP contribution in [0.1, 0.15) is 355 Å². The fourth-order valence-corrected chi connectivity index (χ4v) is 10.2. The molecule has 1 unspecified atom stereocenters. The summed E-state index contributed by atoms with van der Waals surface area (Å²) in [6.45, 7) is 6.55. The molecule has 1 atom stereocenters. The molecule has 0 aromatic carbocycles. The lowest BCUT2D eigenvalue weighted by atomic mass is 10.0. The molecule has 0 aromatic rings. The molecule has 0 heterocycles. The van der Waals surface area contributed by atoms with E-state index in [0.717, 1.165) is 122 Å². The summed E-state index contributed by atoms with van der Waals surface area (Å²) in [7, 11) is 0. The second-order valence-corrected chi connectivity index (χ2v) is 23.8. The van der Waals surface area contributed by atoms with Crippen molar-refractivity contribution in [1.29, 1.82) is 0 Å². The van der Waals surface area contributed by atoms with Crippen LogP contribution in [0.5, 0.6) is 0 Å². The fraction of sp³-hybridized carbons (Fsp3) is 0.753. The maximum absolute atomic E-state index is 13.0.